The third-order valence-corrected chi connectivity index (χ3v) is 1.44. The number of hydrogen-bond acceptors (Lipinski definition) is 1. The van der Waals surface area contributed by atoms with E-state index < -0.39 is 0 Å². The van der Waals surface area contributed by atoms with Crippen molar-refractivity contribution in [2.24, 2.45) is 5.73 Å². The van der Waals surface area contributed by atoms with Crippen LogP contribution in [0.1, 0.15) is 18.1 Å². The fraction of sp³-hybridized carbons (Fsp3) is 0.200. The molecular formula is C10H13N. The maximum absolute atomic E-state index is 5.54. The van der Waals surface area contributed by atoms with Crippen molar-refractivity contribution in [3.05, 3.63) is 41.1 Å². The summed E-state index contributed by atoms with van der Waals surface area (Å²) in [5.41, 5.74) is 8.81. The molecule has 0 aliphatic rings. The number of nitrogens with two attached hydrogens (primary N) is 1. The highest BCUT2D eigenvalue weighted by atomic mass is 14.5. The van der Waals surface area contributed by atoms with Gasteiger partial charge in [0.05, 0.1) is 0 Å². The molecule has 0 amide bonds. The van der Waals surface area contributed by atoms with Gasteiger partial charge in [-0.3, -0.25) is 0 Å². The number of hydrogen-bond donors (Lipinski definition) is 1. The Hall–Kier alpha value is -1.24. The van der Waals surface area contributed by atoms with Crippen LogP contribution in [0, 0.1) is 6.92 Å². The number of rotatable bonds is 1. The molecule has 0 heterocycles. The van der Waals surface area contributed by atoms with Gasteiger partial charge in [0.15, 0.2) is 0 Å². The molecule has 0 aliphatic carbocycles. The van der Waals surface area contributed by atoms with Crippen molar-refractivity contribution >= 4 is 6.08 Å². The average molecular weight is 147 g/mol. The summed E-state index contributed by atoms with van der Waals surface area (Å²) < 4.78 is 0. The van der Waals surface area contributed by atoms with Crippen molar-refractivity contribution < 1.29 is 0 Å². The van der Waals surface area contributed by atoms with E-state index in [0.717, 1.165) is 5.70 Å². The van der Waals surface area contributed by atoms with Gasteiger partial charge in [0.25, 0.3) is 0 Å². The van der Waals surface area contributed by atoms with E-state index in [-0.39, 0.29) is 0 Å². The Morgan fingerprint density at radius 1 is 1.45 bits per heavy atom. The van der Waals surface area contributed by atoms with E-state index in [1.807, 2.05) is 25.1 Å². The second kappa shape index (κ2) is 3.24. The second-order valence-corrected chi connectivity index (χ2v) is 2.80. The van der Waals surface area contributed by atoms with Gasteiger partial charge < -0.3 is 5.73 Å². The van der Waals surface area contributed by atoms with Gasteiger partial charge in [0.2, 0.25) is 0 Å². The molecule has 0 saturated heterocycles. The van der Waals surface area contributed by atoms with E-state index in [0.29, 0.717) is 0 Å². The molecule has 0 unspecified atom stereocenters. The smallest absolute Gasteiger partial charge is 0.00548 e. The zero-order valence-corrected chi connectivity index (χ0v) is 6.96. The average Bonchev–Trinajstić information content (AvgIpc) is 1.85. The third kappa shape index (κ3) is 2.46. The molecule has 1 rings (SSSR count). The molecule has 58 valence electrons. The van der Waals surface area contributed by atoms with Crippen LogP contribution in [-0.4, -0.2) is 0 Å². The lowest BCUT2D eigenvalue weighted by Gasteiger charge is -1.95. The Bertz CT molecular complexity index is 270. The van der Waals surface area contributed by atoms with Gasteiger partial charge in [-0.05, 0) is 25.5 Å². The standard InChI is InChI=1S/C10H13N/c1-8-4-3-5-10(6-8)7-9(2)11/h3-7H,11H2,1-2H3/b9-7-. The second-order valence-electron chi connectivity index (χ2n) is 2.80. The summed E-state index contributed by atoms with van der Waals surface area (Å²) in [4.78, 5) is 0. The molecule has 1 nitrogen and oxygen atoms in total. The fourth-order valence-corrected chi connectivity index (χ4v) is 1.02. The Kier molecular flexibility index (Phi) is 2.32. The summed E-state index contributed by atoms with van der Waals surface area (Å²) in [5.74, 6) is 0. The molecule has 0 aliphatic heterocycles. The Morgan fingerprint density at radius 3 is 2.73 bits per heavy atom. The van der Waals surface area contributed by atoms with E-state index >= 15 is 0 Å². The predicted octanol–water partition coefficient (Wildman–Crippen LogP) is 2.31. The van der Waals surface area contributed by atoms with Gasteiger partial charge in [-0.1, -0.05) is 29.8 Å². The van der Waals surface area contributed by atoms with Crippen LogP contribution in [0.25, 0.3) is 6.08 Å². The van der Waals surface area contributed by atoms with Crippen molar-refractivity contribution in [2.45, 2.75) is 13.8 Å². The molecule has 0 spiro atoms. The summed E-state index contributed by atoms with van der Waals surface area (Å²) in [6, 6.07) is 8.26. The SMILES string of the molecule is C/C(N)=C/c1cccc(C)c1. The minimum absolute atomic E-state index is 0.843. The molecule has 0 atom stereocenters. The van der Waals surface area contributed by atoms with E-state index in [9.17, 15) is 0 Å². The van der Waals surface area contributed by atoms with Crippen molar-refractivity contribution in [3.8, 4) is 0 Å². The van der Waals surface area contributed by atoms with Crippen LogP contribution in [0.5, 0.6) is 0 Å². The van der Waals surface area contributed by atoms with Crippen LogP contribution >= 0.6 is 0 Å². The molecule has 0 radical (unpaired) electrons. The monoisotopic (exact) mass is 147 g/mol. The first kappa shape index (κ1) is 7.86. The molecule has 0 aromatic heterocycles. The summed E-state index contributed by atoms with van der Waals surface area (Å²) in [6.07, 6.45) is 1.97. The highest BCUT2D eigenvalue weighted by Gasteiger charge is 1.87. The molecular weight excluding hydrogens is 134 g/mol. The molecule has 0 bridgehead atoms. The highest BCUT2D eigenvalue weighted by molar-refractivity contribution is 5.52. The van der Waals surface area contributed by atoms with Gasteiger partial charge >= 0.3 is 0 Å². The van der Waals surface area contributed by atoms with Crippen LogP contribution in [0.4, 0.5) is 0 Å². The lowest BCUT2D eigenvalue weighted by atomic mass is 10.1. The predicted molar refractivity (Wildman–Crippen MR) is 49.0 cm³/mol. The van der Waals surface area contributed by atoms with Crippen LogP contribution in [0.2, 0.25) is 0 Å². The minimum Gasteiger partial charge on any atom is -0.402 e. The first-order valence-corrected chi connectivity index (χ1v) is 3.69. The van der Waals surface area contributed by atoms with E-state index in [1.165, 1.54) is 11.1 Å². The Labute approximate surface area is 67.5 Å². The lowest BCUT2D eigenvalue weighted by molar-refractivity contribution is 1.34. The van der Waals surface area contributed by atoms with E-state index in [1.54, 1.807) is 0 Å². The molecule has 1 heteroatoms. The Balaban J connectivity index is 2.97. The van der Waals surface area contributed by atoms with Gasteiger partial charge in [-0.2, -0.15) is 0 Å². The normalized spacial score (nSPS) is 11.6. The zero-order chi connectivity index (χ0) is 8.27. The van der Waals surface area contributed by atoms with Gasteiger partial charge in [-0.25, -0.2) is 0 Å². The molecule has 2 N–H and O–H groups in total. The quantitative estimate of drug-likeness (QED) is 0.648. The van der Waals surface area contributed by atoms with Gasteiger partial charge in [0.1, 0.15) is 0 Å². The van der Waals surface area contributed by atoms with Gasteiger partial charge in [0, 0.05) is 5.70 Å². The van der Waals surface area contributed by atoms with E-state index in [2.05, 4.69) is 19.1 Å². The van der Waals surface area contributed by atoms with Crippen LogP contribution < -0.4 is 5.73 Å². The summed E-state index contributed by atoms with van der Waals surface area (Å²) in [5, 5.41) is 0. The van der Waals surface area contributed by atoms with Gasteiger partial charge in [-0.15, -0.1) is 0 Å². The first-order chi connectivity index (χ1) is 5.18. The largest absolute Gasteiger partial charge is 0.402 e. The number of benzene rings is 1. The first-order valence-electron chi connectivity index (χ1n) is 3.69. The topological polar surface area (TPSA) is 26.0 Å². The van der Waals surface area contributed by atoms with E-state index in [4.69, 9.17) is 5.73 Å². The lowest BCUT2D eigenvalue weighted by Crippen LogP contribution is -1.89. The van der Waals surface area contributed by atoms with Crippen LogP contribution in [0.3, 0.4) is 0 Å². The third-order valence-electron chi connectivity index (χ3n) is 1.44. The van der Waals surface area contributed by atoms with Crippen molar-refractivity contribution in [3.63, 3.8) is 0 Å². The summed E-state index contributed by atoms with van der Waals surface area (Å²) in [7, 11) is 0. The number of allylic oxidation sites excluding steroid dienone is 1. The maximum Gasteiger partial charge on any atom is 0.00548 e. The molecule has 0 saturated carbocycles. The summed E-state index contributed by atoms with van der Waals surface area (Å²) in [6.45, 7) is 3.96. The molecule has 1 aromatic carbocycles. The molecule has 1 aromatic rings. The molecule has 0 fully saturated rings. The Morgan fingerprint density at radius 2 is 2.18 bits per heavy atom. The zero-order valence-electron chi connectivity index (χ0n) is 6.96. The highest BCUT2D eigenvalue weighted by Crippen LogP contribution is 2.06. The fourth-order valence-electron chi connectivity index (χ4n) is 1.02. The van der Waals surface area contributed by atoms with Crippen molar-refractivity contribution in [1.82, 2.24) is 0 Å². The maximum atomic E-state index is 5.54. The summed E-state index contributed by atoms with van der Waals surface area (Å²) >= 11 is 0. The number of aryl methyl sites for hydroxylation is 1. The van der Waals surface area contributed by atoms with Crippen LogP contribution in [-0.2, 0) is 0 Å². The molecule has 11 heavy (non-hydrogen) atoms. The van der Waals surface area contributed by atoms with Crippen LogP contribution in [0.15, 0.2) is 30.0 Å². The van der Waals surface area contributed by atoms with Crippen molar-refractivity contribution in [2.75, 3.05) is 0 Å². The van der Waals surface area contributed by atoms with Crippen molar-refractivity contribution in [1.29, 1.82) is 0 Å². The minimum atomic E-state index is 0.843.